The summed E-state index contributed by atoms with van der Waals surface area (Å²) in [6.07, 6.45) is -0.635. The number of fused-ring (bicyclic) bond motifs is 1. The average Bonchev–Trinajstić information content (AvgIpc) is 2.60. The van der Waals surface area contributed by atoms with Crippen molar-refractivity contribution in [2.45, 2.75) is 6.54 Å². The number of nitrogens with one attached hydrogen (secondary N) is 2. The Morgan fingerprint density at radius 3 is 2.39 bits per heavy atom. The summed E-state index contributed by atoms with van der Waals surface area (Å²) >= 11 is 0. The molecule has 1 aromatic carbocycles. The molecule has 0 fully saturated rings. The number of nitrogens with zero attached hydrogens (tertiary/aromatic N) is 2. The van der Waals surface area contributed by atoms with Crippen molar-refractivity contribution in [1.29, 1.82) is 0 Å². The normalized spacial score (nSPS) is 13.0. The summed E-state index contributed by atoms with van der Waals surface area (Å²) in [6.45, 7) is -1.11. The number of pyridine rings is 1. The van der Waals surface area contributed by atoms with Crippen LogP contribution in [0.4, 0.5) is 18.0 Å². The molecular weight excluding hydrogens is 385 g/mol. The van der Waals surface area contributed by atoms with Crippen molar-refractivity contribution in [2.75, 3.05) is 11.7 Å². The van der Waals surface area contributed by atoms with Gasteiger partial charge in [0.1, 0.15) is 35.4 Å². The van der Waals surface area contributed by atoms with Crippen molar-refractivity contribution in [2.24, 2.45) is 0 Å². The molecule has 1 aliphatic rings. The molecule has 2 aromatic rings. The zero-order valence-corrected chi connectivity index (χ0v) is 13.8. The lowest BCUT2D eigenvalue weighted by molar-refractivity contribution is 0.0912. The van der Waals surface area contributed by atoms with E-state index < -0.39 is 65.1 Å². The molecule has 1 aromatic heterocycles. The van der Waals surface area contributed by atoms with Gasteiger partial charge in [0.05, 0.1) is 0 Å². The highest BCUT2D eigenvalue weighted by molar-refractivity contribution is 5.98. The number of carboxylic acid groups (broad SMARTS) is 1. The first-order valence-corrected chi connectivity index (χ1v) is 7.66. The van der Waals surface area contributed by atoms with Crippen LogP contribution in [0.1, 0.15) is 26.4 Å². The summed E-state index contributed by atoms with van der Waals surface area (Å²) in [4.78, 5) is 47.4. The van der Waals surface area contributed by atoms with Gasteiger partial charge < -0.3 is 15.7 Å². The molecule has 146 valence electrons. The van der Waals surface area contributed by atoms with Crippen LogP contribution in [0.3, 0.4) is 0 Å². The van der Waals surface area contributed by atoms with Gasteiger partial charge in [-0.05, 0) is 0 Å². The van der Waals surface area contributed by atoms with Crippen molar-refractivity contribution in [3.8, 4) is 0 Å². The minimum absolute atomic E-state index is 0.314. The molecule has 0 bridgehead atoms. The molecule has 0 spiro atoms. The summed E-state index contributed by atoms with van der Waals surface area (Å²) in [7, 11) is 0. The Balaban J connectivity index is 1.91. The molecule has 3 amide bonds. The molecule has 0 saturated heterocycles. The molecule has 0 aliphatic carbocycles. The fourth-order valence-corrected chi connectivity index (χ4v) is 2.54. The Bertz CT molecular complexity index is 1050. The molecule has 1 aliphatic heterocycles. The zero-order chi connectivity index (χ0) is 20.6. The van der Waals surface area contributed by atoms with Crippen LogP contribution in [0, 0.1) is 17.5 Å². The van der Waals surface area contributed by atoms with Crippen LogP contribution in [-0.2, 0) is 6.54 Å². The van der Waals surface area contributed by atoms with Crippen molar-refractivity contribution in [3.05, 3.63) is 68.9 Å². The van der Waals surface area contributed by atoms with Crippen LogP contribution in [0.25, 0.3) is 0 Å². The van der Waals surface area contributed by atoms with E-state index in [-0.39, 0.29) is 5.69 Å². The highest BCUT2D eigenvalue weighted by atomic mass is 19.1. The monoisotopic (exact) mass is 396 g/mol. The average molecular weight is 396 g/mol. The fraction of sp³-hybridized carbons (Fsp3) is 0.125. The van der Waals surface area contributed by atoms with E-state index in [1.165, 1.54) is 0 Å². The van der Waals surface area contributed by atoms with E-state index in [1.54, 1.807) is 0 Å². The number of benzene rings is 1. The quantitative estimate of drug-likeness (QED) is 0.698. The number of halogens is 3. The Labute approximate surface area is 154 Å². The maximum Gasteiger partial charge on any atom is 0.428 e. The largest absolute Gasteiger partial charge is 0.464 e. The lowest BCUT2D eigenvalue weighted by Gasteiger charge is -2.29. The molecule has 0 atom stereocenters. The molecule has 3 N–H and O–H groups in total. The third kappa shape index (κ3) is 3.39. The third-order valence-electron chi connectivity index (χ3n) is 3.91. The molecule has 9 nitrogen and oxygen atoms in total. The second-order valence-corrected chi connectivity index (χ2v) is 5.66. The zero-order valence-electron chi connectivity index (χ0n) is 13.8. The van der Waals surface area contributed by atoms with E-state index in [4.69, 9.17) is 5.11 Å². The van der Waals surface area contributed by atoms with Gasteiger partial charge in [-0.2, -0.15) is 5.01 Å². The van der Waals surface area contributed by atoms with E-state index in [2.05, 4.69) is 10.6 Å². The number of carbonyl (C=O) groups is 3. The highest BCUT2D eigenvalue weighted by Crippen LogP contribution is 2.15. The first kappa shape index (κ1) is 18.9. The van der Waals surface area contributed by atoms with Crippen LogP contribution in [0.15, 0.2) is 29.2 Å². The van der Waals surface area contributed by atoms with Gasteiger partial charge in [0, 0.05) is 36.5 Å². The second kappa shape index (κ2) is 7.06. The van der Waals surface area contributed by atoms with Crippen molar-refractivity contribution in [1.82, 2.24) is 15.3 Å². The second-order valence-electron chi connectivity index (χ2n) is 5.66. The third-order valence-corrected chi connectivity index (χ3v) is 3.91. The maximum atomic E-state index is 13.6. The van der Waals surface area contributed by atoms with Gasteiger partial charge in [0.25, 0.3) is 11.8 Å². The predicted octanol–water partition coefficient (Wildman–Crippen LogP) is 0.513. The fourth-order valence-electron chi connectivity index (χ4n) is 2.54. The number of hydrogen-bond donors (Lipinski definition) is 3. The van der Waals surface area contributed by atoms with E-state index in [0.717, 1.165) is 16.9 Å². The van der Waals surface area contributed by atoms with Gasteiger partial charge in [-0.15, -0.1) is 0 Å². The molecule has 12 heteroatoms. The number of carbonyl (C=O) groups excluding carboxylic acids is 2. The lowest BCUT2D eigenvalue weighted by Crippen LogP contribution is -2.54. The Kier molecular flexibility index (Phi) is 4.78. The molecule has 0 saturated carbocycles. The molecule has 28 heavy (non-hydrogen) atoms. The van der Waals surface area contributed by atoms with Crippen LogP contribution in [-0.4, -0.2) is 34.4 Å². The van der Waals surface area contributed by atoms with E-state index in [1.807, 2.05) is 0 Å². The summed E-state index contributed by atoms with van der Waals surface area (Å²) in [5, 5.41) is 14.1. The van der Waals surface area contributed by atoms with Gasteiger partial charge in [-0.3, -0.25) is 14.4 Å². The van der Waals surface area contributed by atoms with E-state index in [9.17, 15) is 32.3 Å². The van der Waals surface area contributed by atoms with Crippen LogP contribution < -0.4 is 21.1 Å². The topological polar surface area (TPSA) is 121 Å². The van der Waals surface area contributed by atoms with Crippen molar-refractivity contribution >= 4 is 17.9 Å². The predicted molar refractivity (Wildman–Crippen MR) is 86.8 cm³/mol. The van der Waals surface area contributed by atoms with Crippen LogP contribution >= 0.6 is 0 Å². The minimum atomic E-state index is -1.47. The summed E-state index contributed by atoms with van der Waals surface area (Å²) in [5.41, 5.74) is -2.41. The number of aromatic nitrogens is 1. The van der Waals surface area contributed by atoms with E-state index >= 15 is 0 Å². The Morgan fingerprint density at radius 2 is 1.79 bits per heavy atom. The smallest absolute Gasteiger partial charge is 0.428 e. The van der Waals surface area contributed by atoms with Crippen molar-refractivity contribution < 1.29 is 32.7 Å². The summed E-state index contributed by atoms with van der Waals surface area (Å²) in [5.74, 6) is -5.39. The standard InChI is InChI=1S/C16H11F3N4O5/c17-7-1-10(18)8(11(19)2-7)4-20-14(25)9-5-22-12(3-13(9)24)15(26)21-6-23(22)16(27)28/h1-3,5H,4,6H2,(H,20,25)(H,21,26)(H,27,28). The van der Waals surface area contributed by atoms with Gasteiger partial charge in [-0.1, -0.05) is 0 Å². The Morgan fingerprint density at radius 1 is 1.14 bits per heavy atom. The molecule has 0 unspecified atom stereocenters. The molecule has 2 heterocycles. The van der Waals surface area contributed by atoms with Crippen molar-refractivity contribution in [3.63, 3.8) is 0 Å². The van der Waals surface area contributed by atoms with Gasteiger partial charge >= 0.3 is 6.09 Å². The van der Waals surface area contributed by atoms with Crippen LogP contribution in [0.5, 0.6) is 0 Å². The lowest BCUT2D eigenvalue weighted by atomic mass is 10.1. The highest BCUT2D eigenvalue weighted by Gasteiger charge is 2.28. The summed E-state index contributed by atoms with van der Waals surface area (Å²) < 4.78 is 41.0. The Hall–Kier alpha value is -3.83. The van der Waals surface area contributed by atoms with Gasteiger partial charge in [-0.25, -0.2) is 22.6 Å². The molecule has 3 rings (SSSR count). The number of rotatable bonds is 3. The SMILES string of the molecule is O=C(NCc1c(F)cc(F)cc1F)c1cn2c(cc1=O)C(=O)NCN2C(=O)O. The van der Waals surface area contributed by atoms with E-state index in [0.29, 0.717) is 17.1 Å². The summed E-state index contributed by atoms with van der Waals surface area (Å²) in [6, 6.07) is 1.63. The first-order valence-electron chi connectivity index (χ1n) is 7.66. The molecule has 0 radical (unpaired) electrons. The van der Waals surface area contributed by atoms with Gasteiger partial charge in [0.2, 0.25) is 0 Å². The van der Waals surface area contributed by atoms with Crippen LogP contribution in [0.2, 0.25) is 0 Å². The molecular formula is C16H11F3N4O5. The number of hydrogen-bond acceptors (Lipinski definition) is 4. The minimum Gasteiger partial charge on any atom is -0.464 e. The maximum absolute atomic E-state index is 13.6. The number of amides is 3. The first-order chi connectivity index (χ1) is 13.2. The van der Waals surface area contributed by atoms with Gasteiger partial charge in [0.15, 0.2) is 5.43 Å².